The van der Waals surface area contributed by atoms with E-state index >= 15 is 4.39 Å². The lowest BCUT2D eigenvalue weighted by Gasteiger charge is -2.35. The molecule has 0 spiro atoms. The highest BCUT2D eigenvalue weighted by atomic mass is 35.5. The Hall–Kier alpha value is -3.44. The fraction of sp³-hybridized carbons (Fsp3) is 0.214. The molecule has 0 bridgehead atoms. The quantitative estimate of drug-likeness (QED) is 0.397. The minimum absolute atomic E-state index is 0.0141. The van der Waals surface area contributed by atoms with Crippen molar-refractivity contribution in [1.29, 1.82) is 0 Å². The maximum Gasteiger partial charge on any atom is 0.172 e. The van der Waals surface area contributed by atoms with Crippen molar-refractivity contribution >= 4 is 34.7 Å². The number of aryl methyl sites for hydroxylation is 1. The highest BCUT2D eigenvalue weighted by molar-refractivity contribution is 6.32. The topological polar surface area (TPSA) is 50.7 Å². The summed E-state index contributed by atoms with van der Waals surface area (Å²) in [5.74, 6) is 0.912. The molecule has 0 atom stereocenters. The van der Waals surface area contributed by atoms with Crippen LogP contribution in [0.4, 0.5) is 10.1 Å². The average molecular weight is 478 g/mol. The molecule has 0 saturated heterocycles. The lowest BCUT2D eigenvalue weighted by atomic mass is 9.82. The molecule has 5 rings (SSSR count). The van der Waals surface area contributed by atoms with Gasteiger partial charge in [-0.25, -0.2) is 4.39 Å². The third kappa shape index (κ3) is 3.43. The fourth-order valence-electron chi connectivity index (χ4n) is 4.89. The van der Waals surface area contributed by atoms with Crippen LogP contribution in [-0.4, -0.2) is 17.8 Å². The van der Waals surface area contributed by atoms with Crippen LogP contribution in [0.1, 0.15) is 43.0 Å². The summed E-state index contributed by atoms with van der Waals surface area (Å²) in [4.78, 5) is 0. The normalized spacial score (nSPS) is 16.6. The van der Waals surface area contributed by atoms with Crippen molar-refractivity contribution in [2.75, 3.05) is 12.4 Å². The Kier molecular flexibility index (Phi) is 5.14. The van der Waals surface area contributed by atoms with Crippen LogP contribution in [0.25, 0.3) is 28.5 Å². The SMILES string of the molecule is COc1c(O)ccc2c1-c1ccc3c(c1C(=Cc1c(Cl)ccc(C)c1F)O2)C(C)=CC(C)(C)N3. The molecule has 174 valence electrons. The molecule has 0 radical (unpaired) electrons. The number of methoxy groups -OCH3 is 1. The fourth-order valence-corrected chi connectivity index (χ4v) is 5.09. The highest BCUT2D eigenvalue weighted by Gasteiger charge is 2.33. The Bertz CT molecular complexity index is 1420. The van der Waals surface area contributed by atoms with Crippen LogP contribution in [0.5, 0.6) is 17.2 Å². The molecule has 0 amide bonds. The molecule has 6 heteroatoms. The first-order valence-electron chi connectivity index (χ1n) is 11.0. The number of halogens is 2. The molecule has 0 unspecified atom stereocenters. The maximum absolute atomic E-state index is 15.1. The number of nitrogens with one attached hydrogen (secondary N) is 1. The van der Waals surface area contributed by atoms with Crippen LogP contribution < -0.4 is 14.8 Å². The van der Waals surface area contributed by atoms with Crippen molar-refractivity contribution < 1.29 is 19.0 Å². The third-order valence-corrected chi connectivity index (χ3v) is 6.60. The molecule has 34 heavy (non-hydrogen) atoms. The summed E-state index contributed by atoms with van der Waals surface area (Å²) in [6.45, 7) is 7.95. The van der Waals surface area contributed by atoms with Crippen LogP contribution in [0, 0.1) is 12.7 Å². The van der Waals surface area contributed by atoms with Crippen LogP contribution in [0.3, 0.4) is 0 Å². The second kappa shape index (κ2) is 7.81. The molecule has 0 saturated carbocycles. The number of fused-ring (bicyclic) bond motifs is 5. The smallest absolute Gasteiger partial charge is 0.172 e. The van der Waals surface area contributed by atoms with Gasteiger partial charge in [-0.2, -0.15) is 0 Å². The summed E-state index contributed by atoms with van der Waals surface area (Å²) in [5, 5.41) is 14.3. The van der Waals surface area contributed by atoms with E-state index in [1.54, 1.807) is 31.2 Å². The number of ether oxygens (including phenoxy) is 2. The summed E-state index contributed by atoms with van der Waals surface area (Å²) in [6.07, 6.45) is 3.81. The van der Waals surface area contributed by atoms with E-state index in [-0.39, 0.29) is 16.9 Å². The molecule has 3 aromatic carbocycles. The number of aromatic hydroxyl groups is 1. The molecule has 4 nitrogen and oxygen atoms in total. The first-order valence-corrected chi connectivity index (χ1v) is 11.4. The minimum Gasteiger partial charge on any atom is -0.504 e. The average Bonchev–Trinajstić information content (AvgIpc) is 2.78. The summed E-state index contributed by atoms with van der Waals surface area (Å²) in [7, 11) is 1.51. The largest absolute Gasteiger partial charge is 0.504 e. The molecule has 2 aliphatic heterocycles. The number of rotatable bonds is 2. The Morgan fingerprint density at radius 1 is 1.06 bits per heavy atom. The maximum atomic E-state index is 15.1. The molecule has 2 heterocycles. The van der Waals surface area contributed by atoms with Gasteiger partial charge < -0.3 is 19.9 Å². The van der Waals surface area contributed by atoms with E-state index in [4.69, 9.17) is 21.1 Å². The number of benzene rings is 3. The minimum atomic E-state index is -0.393. The van der Waals surface area contributed by atoms with Gasteiger partial charge in [0, 0.05) is 27.9 Å². The third-order valence-electron chi connectivity index (χ3n) is 6.27. The standard InChI is InChI=1S/C28H25ClFNO3/c1-14-6-8-18(29)17(26(14)30)12-22-24-16(25-21(34-22)11-10-20(32)27(25)33-5)7-9-19-23(24)15(2)13-28(3,4)31-19/h6-13,31-32H,1-5H3. The zero-order valence-corrected chi connectivity index (χ0v) is 20.4. The molecular formula is C28H25ClFNO3. The summed E-state index contributed by atoms with van der Waals surface area (Å²) in [6, 6.07) is 10.5. The Labute approximate surface area is 203 Å². The first kappa shape index (κ1) is 22.4. The molecule has 2 N–H and O–H groups in total. The van der Waals surface area contributed by atoms with Crippen molar-refractivity contribution in [3.63, 3.8) is 0 Å². The van der Waals surface area contributed by atoms with Crippen LogP contribution in [0.2, 0.25) is 5.02 Å². The van der Waals surface area contributed by atoms with Crippen molar-refractivity contribution in [2.24, 2.45) is 0 Å². The van der Waals surface area contributed by atoms with Gasteiger partial charge in [0.15, 0.2) is 11.5 Å². The zero-order valence-electron chi connectivity index (χ0n) is 19.6. The highest BCUT2D eigenvalue weighted by Crippen LogP contribution is 2.54. The van der Waals surface area contributed by atoms with Gasteiger partial charge in [-0.15, -0.1) is 0 Å². The van der Waals surface area contributed by atoms with Gasteiger partial charge in [0.1, 0.15) is 17.3 Å². The predicted octanol–water partition coefficient (Wildman–Crippen LogP) is 7.67. The number of hydrogen-bond acceptors (Lipinski definition) is 4. The summed E-state index contributed by atoms with van der Waals surface area (Å²) >= 11 is 6.41. The predicted molar refractivity (Wildman–Crippen MR) is 136 cm³/mol. The van der Waals surface area contributed by atoms with E-state index in [2.05, 4.69) is 32.2 Å². The zero-order chi connectivity index (χ0) is 24.4. The Morgan fingerprint density at radius 2 is 1.82 bits per heavy atom. The molecule has 2 aliphatic rings. The number of hydrogen-bond donors (Lipinski definition) is 2. The van der Waals surface area contributed by atoms with E-state index in [0.717, 1.165) is 28.0 Å². The Balaban J connectivity index is 1.87. The van der Waals surface area contributed by atoms with E-state index in [1.807, 2.05) is 12.1 Å². The van der Waals surface area contributed by atoms with Crippen molar-refractivity contribution in [1.82, 2.24) is 0 Å². The number of allylic oxidation sites excluding steroid dienone is 1. The van der Waals surface area contributed by atoms with Gasteiger partial charge in [-0.05, 0) is 69.2 Å². The molecule has 3 aromatic rings. The number of phenolic OH excluding ortho intramolecular Hbond substituents is 1. The monoisotopic (exact) mass is 477 g/mol. The lowest BCUT2D eigenvalue weighted by molar-refractivity contribution is 0.371. The van der Waals surface area contributed by atoms with E-state index in [1.165, 1.54) is 13.2 Å². The van der Waals surface area contributed by atoms with Gasteiger partial charge in [0.05, 0.1) is 23.2 Å². The van der Waals surface area contributed by atoms with Crippen molar-refractivity contribution in [2.45, 2.75) is 33.2 Å². The molecule has 0 fully saturated rings. The van der Waals surface area contributed by atoms with Crippen LogP contribution >= 0.6 is 11.6 Å². The second-order valence-corrected chi connectivity index (χ2v) is 9.69. The van der Waals surface area contributed by atoms with Gasteiger partial charge in [-0.3, -0.25) is 0 Å². The molecule has 0 aliphatic carbocycles. The van der Waals surface area contributed by atoms with Gasteiger partial charge >= 0.3 is 0 Å². The van der Waals surface area contributed by atoms with E-state index < -0.39 is 5.82 Å². The second-order valence-electron chi connectivity index (χ2n) is 9.28. The van der Waals surface area contributed by atoms with Gasteiger partial charge in [0.25, 0.3) is 0 Å². The molecule has 0 aromatic heterocycles. The number of anilines is 1. The lowest BCUT2D eigenvalue weighted by Crippen LogP contribution is -2.32. The molecular weight excluding hydrogens is 453 g/mol. The summed E-state index contributed by atoms with van der Waals surface area (Å²) < 4.78 is 27.0. The number of phenols is 1. The first-order chi connectivity index (χ1) is 16.1. The van der Waals surface area contributed by atoms with E-state index in [9.17, 15) is 5.11 Å². The van der Waals surface area contributed by atoms with Crippen molar-refractivity contribution in [3.05, 3.63) is 75.6 Å². The summed E-state index contributed by atoms with van der Waals surface area (Å²) in [5.41, 5.74) is 5.72. The van der Waals surface area contributed by atoms with Crippen LogP contribution in [0.15, 0.2) is 42.5 Å². The Morgan fingerprint density at radius 3 is 2.56 bits per heavy atom. The van der Waals surface area contributed by atoms with Gasteiger partial charge in [-0.1, -0.05) is 29.8 Å². The van der Waals surface area contributed by atoms with E-state index in [0.29, 0.717) is 33.4 Å². The van der Waals surface area contributed by atoms with Gasteiger partial charge in [0.2, 0.25) is 0 Å². The van der Waals surface area contributed by atoms with Crippen LogP contribution in [-0.2, 0) is 0 Å². The van der Waals surface area contributed by atoms with Crippen molar-refractivity contribution in [3.8, 4) is 28.4 Å².